The number of sulfonamides is 1. The number of ether oxygens (including phenoxy) is 1. The fourth-order valence-corrected chi connectivity index (χ4v) is 6.04. The van der Waals surface area contributed by atoms with Gasteiger partial charge in [-0.25, -0.2) is 8.42 Å². The summed E-state index contributed by atoms with van der Waals surface area (Å²) in [6, 6.07) is 17.7. The number of aryl methyl sites for hydroxylation is 2. The molecule has 0 spiro atoms. The van der Waals surface area contributed by atoms with Crippen LogP contribution in [0.1, 0.15) is 50.3 Å². The molecule has 0 heterocycles. The Kier molecular flexibility index (Phi) is 11.4. The van der Waals surface area contributed by atoms with Gasteiger partial charge >= 0.3 is 0 Å². The van der Waals surface area contributed by atoms with Crippen molar-refractivity contribution in [3.05, 3.63) is 88.4 Å². The first-order valence-corrected chi connectivity index (χ1v) is 15.8. The summed E-state index contributed by atoms with van der Waals surface area (Å²) in [5.41, 5.74) is 2.88. The first kappa shape index (κ1) is 32.9. The highest BCUT2D eigenvalue weighted by atomic mass is 35.5. The summed E-state index contributed by atoms with van der Waals surface area (Å²) in [6.45, 7) is 9.06. The van der Waals surface area contributed by atoms with Crippen molar-refractivity contribution in [2.75, 3.05) is 18.0 Å². The lowest BCUT2D eigenvalue weighted by atomic mass is 10.1. The van der Waals surface area contributed by atoms with Crippen LogP contribution in [0.2, 0.25) is 5.02 Å². The van der Waals surface area contributed by atoms with Crippen molar-refractivity contribution in [2.45, 2.75) is 71.0 Å². The predicted octanol–water partition coefficient (Wildman–Crippen LogP) is 5.88. The minimum absolute atomic E-state index is 0.00886. The Labute approximate surface area is 254 Å². The van der Waals surface area contributed by atoms with E-state index in [2.05, 4.69) is 5.32 Å². The molecule has 2 amide bonds. The Balaban J connectivity index is 2.12. The van der Waals surface area contributed by atoms with Gasteiger partial charge in [0.25, 0.3) is 10.0 Å². The van der Waals surface area contributed by atoms with Crippen LogP contribution >= 0.6 is 11.6 Å². The fourth-order valence-electron chi connectivity index (χ4n) is 4.46. The minimum atomic E-state index is -4.26. The average molecular weight is 614 g/mol. The quantitative estimate of drug-likeness (QED) is 0.260. The lowest BCUT2D eigenvalue weighted by Gasteiger charge is -2.34. The number of anilines is 1. The lowest BCUT2D eigenvalue weighted by molar-refractivity contribution is -0.140. The average Bonchev–Trinajstić information content (AvgIpc) is 2.96. The Hall–Kier alpha value is -3.56. The zero-order valence-corrected chi connectivity index (χ0v) is 26.6. The van der Waals surface area contributed by atoms with Gasteiger partial charge in [-0.1, -0.05) is 73.0 Å². The van der Waals surface area contributed by atoms with E-state index < -0.39 is 28.5 Å². The lowest BCUT2D eigenvalue weighted by Crippen LogP contribution is -2.53. The number of hydrogen-bond donors (Lipinski definition) is 1. The summed E-state index contributed by atoms with van der Waals surface area (Å²) < 4.78 is 34.7. The topological polar surface area (TPSA) is 96.0 Å². The zero-order chi connectivity index (χ0) is 31.0. The molecule has 3 aromatic rings. The predicted molar refractivity (Wildman–Crippen MR) is 167 cm³/mol. The summed E-state index contributed by atoms with van der Waals surface area (Å²) in [5, 5.41) is 3.26. The third kappa shape index (κ3) is 8.04. The summed E-state index contributed by atoms with van der Waals surface area (Å²) in [6.07, 6.45) is 1.07. The number of carbonyl (C=O) groups excluding carboxylic acids is 2. The monoisotopic (exact) mass is 613 g/mol. The molecule has 3 aromatic carbocycles. The Morgan fingerprint density at radius 2 is 1.52 bits per heavy atom. The largest absolute Gasteiger partial charge is 0.495 e. The van der Waals surface area contributed by atoms with E-state index >= 15 is 0 Å². The highest BCUT2D eigenvalue weighted by Gasteiger charge is 2.35. The van der Waals surface area contributed by atoms with Crippen molar-refractivity contribution >= 4 is 39.1 Å². The van der Waals surface area contributed by atoms with Crippen LogP contribution in [0.25, 0.3) is 0 Å². The SMILES string of the molecule is CCC(C)NC(=O)C(CC)N(Cc1ccc(C)cc1)C(=O)CN(c1cc(Cl)ccc1OC)S(=O)(=O)c1ccc(C)cc1. The molecule has 0 radical (unpaired) electrons. The standard InChI is InChI=1S/C32H40ClN3O5S/c1-7-24(5)34-32(38)28(8-2)35(20-25-13-9-22(3)10-14-25)31(37)21-36(29-19-26(33)15-18-30(29)41-6)42(39,40)27-16-11-23(4)12-17-27/h9-19,24,28H,7-8,20-21H2,1-6H3,(H,34,38). The van der Waals surface area contributed by atoms with Crippen molar-refractivity contribution in [3.8, 4) is 5.75 Å². The van der Waals surface area contributed by atoms with Gasteiger partial charge in [-0.3, -0.25) is 13.9 Å². The van der Waals surface area contributed by atoms with E-state index in [0.29, 0.717) is 6.42 Å². The first-order valence-electron chi connectivity index (χ1n) is 14.0. The molecule has 0 aromatic heterocycles. The Morgan fingerprint density at radius 1 is 0.929 bits per heavy atom. The molecule has 0 fully saturated rings. The van der Waals surface area contributed by atoms with Crippen molar-refractivity contribution in [1.82, 2.24) is 10.2 Å². The van der Waals surface area contributed by atoms with Crippen LogP contribution in [-0.4, -0.2) is 50.9 Å². The molecular formula is C32H40ClN3O5S. The van der Waals surface area contributed by atoms with E-state index in [1.807, 2.05) is 58.9 Å². The molecule has 0 aliphatic heterocycles. The Morgan fingerprint density at radius 3 is 2.07 bits per heavy atom. The van der Waals surface area contributed by atoms with Crippen LogP contribution in [0.4, 0.5) is 5.69 Å². The van der Waals surface area contributed by atoms with Crippen LogP contribution in [-0.2, 0) is 26.2 Å². The third-order valence-electron chi connectivity index (χ3n) is 7.16. The number of nitrogens with one attached hydrogen (secondary N) is 1. The van der Waals surface area contributed by atoms with Crippen molar-refractivity contribution < 1.29 is 22.7 Å². The summed E-state index contributed by atoms with van der Waals surface area (Å²) >= 11 is 6.31. The van der Waals surface area contributed by atoms with Gasteiger partial charge in [0.15, 0.2) is 0 Å². The number of methoxy groups -OCH3 is 1. The molecule has 226 valence electrons. The second-order valence-corrected chi connectivity index (χ2v) is 12.7. The Bertz CT molecular complexity index is 1480. The van der Waals surface area contributed by atoms with Crippen molar-refractivity contribution in [1.29, 1.82) is 0 Å². The number of benzene rings is 3. The van der Waals surface area contributed by atoms with Gasteiger partial charge in [-0.05, 0) is 69.5 Å². The second-order valence-electron chi connectivity index (χ2n) is 10.4. The number of carbonyl (C=O) groups is 2. The summed E-state index contributed by atoms with van der Waals surface area (Å²) in [7, 11) is -2.84. The molecule has 2 atom stereocenters. The number of rotatable bonds is 13. The molecule has 0 bridgehead atoms. The molecular weight excluding hydrogens is 574 g/mol. The minimum Gasteiger partial charge on any atom is -0.495 e. The van der Waals surface area contributed by atoms with E-state index in [9.17, 15) is 18.0 Å². The molecule has 0 aliphatic carbocycles. The number of halogens is 1. The first-order chi connectivity index (χ1) is 19.9. The van der Waals surface area contributed by atoms with E-state index in [-0.39, 0.29) is 39.8 Å². The smallest absolute Gasteiger partial charge is 0.264 e. The van der Waals surface area contributed by atoms with Gasteiger partial charge in [0.1, 0.15) is 18.3 Å². The maximum atomic E-state index is 14.2. The maximum Gasteiger partial charge on any atom is 0.264 e. The molecule has 8 nitrogen and oxygen atoms in total. The van der Waals surface area contributed by atoms with Gasteiger partial charge in [0, 0.05) is 17.6 Å². The van der Waals surface area contributed by atoms with Crippen LogP contribution in [0, 0.1) is 13.8 Å². The summed E-state index contributed by atoms with van der Waals surface area (Å²) in [4.78, 5) is 29.1. The van der Waals surface area contributed by atoms with Gasteiger partial charge < -0.3 is 15.0 Å². The number of hydrogen-bond acceptors (Lipinski definition) is 5. The van der Waals surface area contributed by atoms with Gasteiger partial charge in [0.2, 0.25) is 11.8 Å². The third-order valence-corrected chi connectivity index (χ3v) is 9.17. The molecule has 1 N–H and O–H groups in total. The van der Waals surface area contributed by atoms with Gasteiger partial charge in [-0.15, -0.1) is 0 Å². The van der Waals surface area contributed by atoms with E-state index in [1.54, 1.807) is 24.3 Å². The fraction of sp³-hybridized carbons (Fsp3) is 0.375. The van der Waals surface area contributed by atoms with E-state index in [0.717, 1.165) is 27.4 Å². The van der Waals surface area contributed by atoms with Gasteiger partial charge in [-0.2, -0.15) is 0 Å². The number of nitrogens with zero attached hydrogens (tertiary/aromatic N) is 2. The molecule has 0 aliphatic rings. The second kappa shape index (κ2) is 14.6. The maximum absolute atomic E-state index is 14.2. The molecule has 0 saturated heterocycles. The highest BCUT2D eigenvalue weighted by molar-refractivity contribution is 7.92. The van der Waals surface area contributed by atoms with E-state index in [1.165, 1.54) is 30.2 Å². The van der Waals surface area contributed by atoms with Crippen molar-refractivity contribution in [3.63, 3.8) is 0 Å². The van der Waals surface area contributed by atoms with Gasteiger partial charge in [0.05, 0.1) is 17.7 Å². The molecule has 42 heavy (non-hydrogen) atoms. The highest BCUT2D eigenvalue weighted by Crippen LogP contribution is 2.35. The molecule has 3 rings (SSSR count). The summed E-state index contributed by atoms with van der Waals surface area (Å²) in [5.74, 6) is -0.602. The molecule has 10 heteroatoms. The molecule has 0 saturated carbocycles. The van der Waals surface area contributed by atoms with Crippen LogP contribution < -0.4 is 14.4 Å². The molecule has 2 unspecified atom stereocenters. The normalized spacial score (nSPS) is 12.7. The van der Waals surface area contributed by atoms with Crippen molar-refractivity contribution in [2.24, 2.45) is 0 Å². The van der Waals surface area contributed by atoms with Crippen LogP contribution in [0.5, 0.6) is 5.75 Å². The number of amides is 2. The van der Waals surface area contributed by atoms with E-state index in [4.69, 9.17) is 16.3 Å². The van der Waals surface area contributed by atoms with Crippen LogP contribution in [0.15, 0.2) is 71.6 Å². The van der Waals surface area contributed by atoms with Crippen LogP contribution in [0.3, 0.4) is 0 Å². The zero-order valence-electron chi connectivity index (χ0n) is 25.1.